The highest BCUT2D eigenvalue weighted by Gasteiger charge is 2.14. The van der Waals surface area contributed by atoms with Gasteiger partial charge in [-0.25, -0.2) is 4.98 Å². The minimum absolute atomic E-state index is 0.168. The van der Waals surface area contributed by atoms with Gasteiger partial charge in [-0.05, 0) is 37.3 Å². The van der Waals surface area contributed by atoms with Gasteiger partial charge in [-0.1, -0.05) is 23.7 Å². The van der Waals surface area contributed by atoms with Crippen LogP contribution in [0.4, 0.5) is 0 Å². The zero-order valence-electron chi connectivity index (χ0n) is 13.3. The average Bonchev–Trinajstić information content (AvgIpc) is 2.97. The summed E-state index contributed by atoms with van der Waals surface area (Å²) >= 11 is 5.90. The monoisotopic (exact) mass is 343 g/mol. The van der Waals surface area contributed by atoms with Crippen molar-refractivity contribution in [2.45, 2.75) is 19.4 Å². The minimum Gasteiger partial charge on any atom is -0.481 e. The third-order valence-electron chi connectivity index (χ3n) is 3.57. The summed E-state index contributed by atoms with van der Waals surface area (Å²) in [7, 11) is 0. The van der Waals surface area contributed by atoms with E-state index in [1.807, 2.05) is 35.0 Å². The standard InChI is InChI=1S/C18H18ClN3O2/c1-13(24-16-6-4-5-14(19)11-16)18(23)20-9-8-15-12-22-10-3-2-7-17(22)21-15/h2-7,10-13H,8-9H2,1H3,(H,20,23). The second-order valence-corrected chi connectivity index (χ2v) is 5.89. The number of carbonyl (C=O) groups is 1. The van der Waals surface area contributed by atoms with Crippen molar-refractivity contribution in [2.24, 2.45) is 0 Å². The van der Waals surface area contributed by atoms with E-state index in [0.29, 0.717) is 23.7 Å². The van der Waals surface area contributed by atoms with E-state index in [2.05, 4.69) is 10.3 Å². The van der Waals surface area contributed by atoms with E-state index >= 15 is 0 Å². The minimum atomic E-state index is -0.593. The van der Waals surface area contributed by atoms with Crippen LogP contribution in [0.1, 0.15) is 12.6 Å². The van der Waals surface area contributed by atoms with Crippen LogP contribution in [0.5, 0.6) is 5.75 Å². The SMILES string of the molecule is CC(Oc1cccc(Cl)c1)C(=O)NCCc1cn2ccccc2n1. The van der Waals surface area contributed by atoms with Crippen molar-refractivity contribution >= 4 is 23.2 Å². The topological polar surface area (TPSA) is 55.6 Å². The Kier molecular flexibility index (Phi) is 5.01. The van der Waals surface area contributed by atoms with E-state index in [1.165, 1.54) is 0 Å². The first-order valence-electron chi connectivity index (χ1n) is 7.74. The van der Waals surface area contributed by atoms with Crippen LogP contribution in [0.15, 0.2) is 54.9 Å². The number of aromatic nitrogens is 2. The number of amides is 1. The lowest BCUT2D eigenvalue weighted by atomic mass is 10.3. The molecule has 2 heterocycles. The van der Waals surface area contributed by atoms with Crippen LogP contribution in [0, 0.1) is 0 Å². The Balaban J connectivity index is 1.49. The summed E-state index contributed by atoms with van der Waals surface area (Å²) in [5.74, 6) is 0.407. The van der Waals surface area contributed by atoms with Gasteiger partial charge in [0.2, 0.25) is 0 Å². The summed E-state index contributed by atoms with van der Waals surface area (Å²) in [5, 5.41) is 3.44. The number of benzene rings is 1. The number of hydrogen-bond acceptors (Lipinski definition) is 3. The zero-order chi connectivity index (χ0) is 16.9. The summed E-state index contributed by atoms with van der Waals surface area (Å²) < 4.78 is 7.55. The number of carbonyl (C=O) groups excluding carboxylic acids is 1. The van der Waals surface area contributed by atoms with Crippen molar-refractivity contribution in [3.05, 3.63) is 65.6 Å². The number of nitrogens with one attached hydrogen (secondary N) is 1. The number of imidazole rings is 1. The first-order chi connectivity index (χ1) is 11.6. The van der Waals surface area contributed by atoms with Gasteiger partial charge >= 0.3 is 0 Å². The molecule has 6 heteroatoms. The van der Waals surface area contributed by atoms with Crippen molar-refractivity contribution < 1.29 is 9.53 Å². The van der Waals surface area contributed by atoms with E-state index in [0.717, 1.165) is 11.3 Å². The van der Waals surface area contributed by atoms with Gasteiger partial charge in [0, 0.05) is 30.4 Å². The molecule has 2 aromatic heterocycles. The van der Waals surface area contributed by atoms with Crippen LogP contribution in [-0.4, -0.2) is 27.9 Å². The number of halogens is 1. The molecule has 0 aliphatic heterocycles. The lowest BCUT2D eigenvalue weighted by Gasteiger charge is -2.14. The molecule has 5 nitrogen and oxygen atoms in total. The van der Waals surface area contributed by atoms with Crippen molar-refractivity contribution in [1.29, 1.82) is 0 Å². The van der Waals surface area contributed by atoms with Crippen LogP contribution in [0.2, 0.25) is 5.02 Å². The second-order valence-electron chi connectivity index (χ2n) is 5.46. The first kappa shape index (κ1) is 16.3. The van der Waals surface area contributed by atoms with Crippen molar-refractivity contribution in [3.8, 4) is 5.75 Å². The van der Waals surface area contributed by atoms with Gasteiger partial charge in [0.15, 0.2) is 6.10 Å². The fourth-order valence-corrected chi connectivity index (χ4v) is 2.54. The summed E-state index contributed by atoms with van der Waals surface area (Å²) in [6.45, 7) is 2.22. The maximum Gasteiger partial charge on any atom is 0.260 e. The Morgan fingerprint density at radius 3 is 3.00 bits per heavy atom. The molecule has 1 unspecified atom stereocenters. The Hall–Kier alpha value is -2.53. The first-order valence-corrected chi connectivity index (χ1v) is 8.12. The Bertz CT molecular complexity index is 814. The predicted molar refractivity (Wildman–Crippen MR) is 93.4 cm³/mol. The molecule has 1 aromatic carbocycles. The van der Waals surface area contributed by atoms with E-state index in [-0.39, 0.29) is 5.91 Å². The van der Waals surface area contributed by atoms with Gasteiger partial charge in [0.05, 0.1) is 5.69 Å². The van der Waals surface area contributed by atoms with Gasteiger partial charge in [-0.3, -0.25) is 4.79 Å². The highest BCUT2D eigenvalue weighted by atomic mass is 35.5. The second kappa shape index (κ2) is 7.36. The average molecular weight is 344 g/mol. The number of ether oxygens (including phenoxy) is 1. The molecule has 3 aromatic rings. The number of hydrogen-bond donors (Lipinski definition) is 1. The summed E-state index contributed by atoms with van der Waals surface area (Å²) in [6.07, 6.45) is 3.99. The molecule has 0 aliphatic carbocycles. The number of rotatable bonds is 6. The molecule has 0 radical (unpaired) electrons. The molecule has 1 amide bonds. The van der Waals surface area contributed by atoms with Gasteiger partial charge in [-0.15, -0.1) is 0 Å². The molecule has 0 saturated carbocycles. The molecule has 0 fully saturated rings. The Morgan fingerprint density at radius 2 is 2.21 bits per heavy atom. The molecule has 0 aliphatic rings. The molecule has 0 saturated heterocycles. The van der Waals surface area contributed by atoms with Gasteiger partial charge in [0.1, 0.15) is 11.4 Å². The number of nitrogens with zero attached hydrogens (tertiary/aromatic N) is 2. The highest BCUT2D eigenvalue weighted by molar-refractivity contribution is 6.30. The molecule has 0 bridgehead atoms. The Morgan fingerprint density at radius 1 is 1.33 bits per heavy atom. The quantitative estimate of drug-likeness (QED) is 0.748. The molecular formula is C18H18ClN3O2. The lowest BCUT2D eigenvalue weighted by Crippen LogP contribution is -2.37. The molecular weight excluding hydrogens is 326 g/mol. The Labute approximate surface area is 145 Å². The third-order valence-corrected chi connectivity index (χ3v) is 3.81. The molecule has 124 valence electrons. The van der Waals surface area contributed by atoms with Crippen LogP contribution in [0.25, 0.3) is 5.65 Å². The highest BCUT2D eigenvalue weighted by Crippen LogP contribution is 2.18. The van der Waals surface area contributed by atoms with Crippen LogP contribution in [0.3, 0.4) is 0 Å². The molecule has 24 heavy (non-hydrogen) atoms. The predicted octanol–water partition coefficient (Wildman–Crippen LogP) is 3.11. The normalized spacial score (nSPS) is 12.1. The van der Waals surface area contributed by atoms with E-state index in [1.54, 1.807) is 31.2 Å². The molecule has 0 spiro atoms. The molecule has 1 N–H and O–H groups in total. The van der Waals surface area contributed by atoms with E-state index in [4.69, 9.17) is 16.3 Å². The molecule has 1 atom stereocenters. The van der Waals surface area contributed by atoms with Gasteiger partial charge < -0.3 is 14.5 Å². The van der Waals surface area contributed by atoms with Crippen LogP contribution >= 0.6 is 11.6 Å². The maximum absolute atomic E-state index is 12.1. The summed E-state index contributed by atoms with van der Waals surface area (Å²) in [6, 6.07) is 12.8. The lowest BCUT2D eigenvalue weighted by molar-refractivity contribution is -0.127. The van der Waals surface area contributed by atoms with Crippen LogP contribution in [-0.2, 0) is 11.2 Å². The van der Waals surface area contributed by atoms with Gasteiger partial charge in [-0.2, -0.15) is 0 Å². The maximum atomic E-state index is 12.1. The smallest absolute Gasteiger partial charge is 0.260 e. The van der Waals surface area contributed by atoms with E-state index < -0.39 is 6.10 Å². The van der Waals surface area contributed by atoms with Crippen molar-refractivity contribution in [2.75, 3.05) is 6.54 Å². The van der Waals surface area contributed by atoms with Crippen LogP contribution < -0.4 is 10.1 Å². The number of fused-ring (bicyclic) bond motifs is 1. The summed E-state index contributed by atoms with van der Waals surface area (Å²) in [4.78, 5) is 16.6. The fourth-order valence-electron chi connectivity index (χ4n) is 2.36. The zero-order valence-corrected chi connectivity index (χ0v) is 14.0. The fraction of sp³-hybridized carbons (Fsp3) is 0.222. The van der Waals surface area contributed by atoms with Crippen molar-refractivity contribution in [3.63, 3.8) is 0 Å². The van der Waals surface area contributed by atoms with Crippen molar-refractivity contribution in [1.82, 2.24) is 14.7 Å². The van der Waals surface area contributed by atoms with Gasteiger partial charge in [0.25, 0.3) is 5.91 Å². The molecule has 3 rings (SSSR count). The summed E-state index contributed by atoms with van der Waals surface area (Å²) in [5.41, 5.74) is 1.83. The number of pyridine rings is 1. The third kappa shape index (κ3) is 4.06. The largest absolute Gasteiger partial charge is 0.481 e. The van der Waals surface area contributed by atoms with E-state index in [9.17, 15) is 4.79 Å².